The third kappa shape index (κ3) is 3.88. The van der Waals surface area contributed by atoms with Gasteiger partial charge in [0, 0.05) is 0 Å². The number of fused-ring (bicyclic) bond motifs is 2. The van der Waals surface area contributed by atoms with Crippen molar-refractivity contribution >= 4 is 23.0 Å². The Morgan fingerprint density at radius 3 is 2.78 bits per heavy atom. The lowest BCUT2D eigenvalue weighted by atomic mass is 10.1. The standard InChI is InChI=1S/C26H24FN5O4/c27-20-22(36-26(34)16-7-2-1-3-8-16)19(12-33)35-25(20)32-14-30-21-23(28-13-29-24(21)32)31-18-11-10-15-6-4-5-9-17(15)18/h1-9,13-14,18-20,22,25,33H,10-12H2,(H,28,29,31)/t18-,19?,20?,22?,25?/m0/s1. The molecule has 1 aliphatic heterocycles. The van der Waals surface area contributed by atoms with Gasteiger partial charge in [0.15, 0.2) is 35.5 Å². The molecule has 10 heteroatoms. The first-order chi connectivity index (χ1) is 17.6. The quantitative estimate of drug-likeness (QED) is 0.397. The minimum absolute atomic E-state index is 0.0849. The van der Waals surface area contributed by atoms with Crippen molar-refractivity contribution < 1.29 is 23.8 Å². The molecule has 1 fully saturated rings. The molecule has 4 aromatic rings. The van der Waals surface area contributed by atoms with Crippen LogP contribution in [0.1, 0.15) is 40.2 Å². The first-order valence-corrected chi connectivity index (χ1v) is 11.8. The second-order valence-electron chi connectivity index (χ2n) is 8.91. The Kier molecular flexibility index (Phi) is 5.82. The number of hydrogen-bond acceptors (Lipinski definition) is 8. The summed E-state index contributed by atoms with van der Waals surface area (Å²) >= 11 is 0. The molecule has 36 heavy (non-hydrogen) atoms. The maximum Gasteiger partial charge on any atom is 0.338 e. The number of aromatic nitrogens is 4. The van der Waals surface area contributed by atoms with Gasteiger partial charge in [0.25, 0.3) is 0 Å². The third-order valence-corrected chi connectivity index (χ3v) is 6.78. The predicted octanol–water partition coefficient (Wildman–Crippen LogP) is 3.38. The molecule has 3 heterocycles. The SMILES string of the molecule is O=C(OC1C(CO)OC(n2cnc3c(N[C@H]4CCc5ccccc54)ncnc32)C1F)c1ccccc1. The van der Waals surface area contributed by atoms with Crippen molar-refractivity contribution in [2.24, 2.45) is 0 Å². The van der Waals surface area contributed by atoms with Gasteiger partial charge in [0.1, 0.15) is 12.4 Å². The lowest BCUT2D eigenvalue weighted by Gasteiger charge is -2.18. The molecule has 6 rings (SSSR count). The Bertz CT molecular complexity index is 1400. The van der Waals surface area contributed by atoms with E-state index >= 15 is 4.39 Å². The molecule has 2 aromatic heterocycles. The van der Waals surface area contributed by atoms with Crippen LogP contribution in [0.15, 0.2) is 67.3 Å². The second-order valence-corrected chi connectivity index (χ2v) is 8.91. The number of nitrogens with zero attached hydrogens (tertiary/aromatic N) is 4. The zero-order valence-corrected chi connectivity index (χ0v) is 19.2. The van der Waals surface area contributed by atoms with Gasteiger partial charge in [0.05, 0.1) is 24.5 Å². The molecule has 2 N–H and O–H groups in total. The minimum Gasteiger partial charge on any atom is -0.453 e. The highest BCUT2D eigenvalue weighted by atomic mass is 19.1. The molecule has 2 aromatic carbocycles. The van der Waals surface area contributed by atoms with Crippen LogP contribution >= 0.6 is 0 Å². The third-order valence-electron chi connectivity index (χ3n) is 6.78. The number of nitrogens with one attached hydrogen (secondary N) is 1. The van der Waals surface area contributed by atoms with E-state index < -0.39 is 37.2 Å². The summed E-state index contributed by atoms with van der Waals surface area (Å²) in [6.45, 7) is -0.515. The summed E-state index contributed by atoms with van der Waals surface area (Å²) in [5, 5.41) is 13.3. The lowest BCUT2D eigenvalue weighted by Crippen LogP contribution is -2.35. The molecular formula is C26H24FN5O4. The number of carbonyl (C=O) groups excluding carboxylic acids is 1. The lowest BCUT2D eigenvalue weighted by molar-refractivity contribution is -0.0508. The highest BCUT2D eigenvalue weighted by Gasteiger charge is 2.49. The molecule has 4 unspecified atom stereocenters. The molecule has 1 saturated heterocycles. The number of aryl methyl sites for hydroxylation is 1. The van der Waals surface area contributed by atoms with E-state index in [2.05, 4.69) is 32.4 Å². The number of hydrogen-bond donors (Lipinski definition) is 2. The molecule has 0 amide bonds. The number of ether oxygens (including phenoxy) is 2. The van der Waals surface area contributed by atoms with Gasteiger partial charge in [-0.15, -0.1) is 0 Å². The molecule has 184 valence electrons. The van der Waals surface area contributed by atoms with Crippen molar-refractivity contribution in [3.05, 3.63) is 83.9 Å². The zero-order chi connectivity index (χ0) is 24.6. The van der Waals surface area contributed by atoms with Gasteiger partial charge in [0.2, 0.25) is 0 Å². The van der Waals surface area contributed by atoms with Gasteiger partial charge in [-0.3, -0.25) is 4.57 Å². The van der Waals surface area contributed by atoms with E-state index in [-0.39, 0.29) is 11.6 Å². The minimum atomic E-state index is -1.75. The van der Waals surface area contributed by atoms with Crippen LogP contribution in [-0.2, 0) is 15.9 Å². The van der Waals surface area contributed by atoms with Crippen LogP contribution in [0, 0.1) is 0 Å². The maximum atomic E-state index is 15.6. The fraction of sp³-hybridized carbons (Fsp3) is 0.308. The molecular weight excluding hydrogens is 465 g/mol. The van der Waals surface area contributed by atoms with Gasteiger partial charge in [-0.2, -0.15) is 0 Å². The number of rotatable bonds is 6. The molecule has 2 aliphatic rings. The van der Waals surface area contributed by atoms with E-state index in [1.165, 1.54) is 28.3 Å². The van der Waals surface area contributed by atoms with Crippen LogP contribution < -0.4 is 5.32 Å². The number of alkyl halides is 1. The molecule has 0 bridgehead atoms. The molecule has 5 atom stereocenters. The highest BCUT2D eigenvalue weighted by molar-refractivity contribution is 5.89. The predicted molar refractivity (Wildman–Crippen MR) is 128 cm³/mol. The Labute approximate surface area is 205 Å². The van der Waals surface area contributed by atoms with E-state index in [0.717, 1.165) is 12.8 Å². The Morgan fingerprint density at radius 2 is 1.94 bits per heavy atom. The summed E-state index contributed by atoms with van der Waals surface area (Å²) in [5.74, 6) is -0.147. The van der Waals surface area contributed by atoms with Crippen LogP contribution in [0.3, 0.4) is 0 Å². The summed E-state index contributed by atoms with van der Waals surface area (Å²) in [7, 11) is 0. The summed E-state index contributed by atoms with van der Waals surface area (Å²) in [5.41, 5.74) is 3.66. The van der Waals surface area contributed by atoms with Crippen molar-refractivity contribution in [1.29, 1.82) is 0 Å². The summed E-state index contributed by atoms with van der Waals surface area (Å²) in [4.78, 5) is 25.7. The van der Waals surface area contributed by atoms with E-state index in [4.69, 9.17) is 9.47 Å². The topological polar surface area (TPSA) is 111 Å². The molecule has 9 nitrogen and oxygen atoms in total. The van der Waals surface area contributed by atoms with Crippen molar-refractivity contribution in [3.63, 3.8) is 0 Å². The number of imidazole rings is 1. The van der Waals surface area contributed by atoms with Crippen molar-refractivity contribution in [1.82, 2.24) is 19.5 Å². The van der Waals surface area contributed by atoms with Crippen molar-refractivity contribution in [2.45, 2.75) is 43.5 Å². The summed E-state index contributed by atoms with van der Waals surface area (Å²) in [6, 6.07) is 16.7. The fourth-order valence-corrected chi connectivity index (χ4v) is 4.99. The fourth-order valence-electron chi connectivity index (χ4n) is 4.99. The second kappa shape index (κ2) is 9.29. The Balaban J connectivity index is 1.26. The molecule has 0 saturated carbocycles. The van der Waals surface area contributed by atoms with Gasteiger partial charge >= 0.3 is 5.97 Å². The smallest absolute Gasteiger partial charge is 0.338 e. The van der Waals surface area contributed by atoms with Crippen LogP contribution in [0.4, 0.5) is 10.2 Å². The number of aliphatic hydroxyl groups is 1. The first kappa shape index (κ1) is 22.6. The van der Waals surface area contributed by atoms with Gasteiger partial charge in [-0.1, -0.05) is 42.5 Å². The highest BCUT2D eigenvalue weighted by Crippen LogP contribution is 2.38. The zero-order valence-electron chi connectivity index (χ0n) is 19.2. The number of esters is 1. The molecule has 1 aliphatic carbocycles. The monoisotopic (exact) mass is 489 g/mol. The van der Waals surface area contributed by atoms with Crippen LogP contribution in [0.5, 0.6) is 0 Å². The van der Waals surface area contributed by atoms with Crippen molar-refractivity contribution in [2.75, 3.05) is 11.9 Å². The van der Waals surface area contributed by atoms with Gasteiger partial charge < -0.3 is 19.9 Å². The Morgan fingerprint density at radius 1 is 1.14 bits per heavy atom. The average Bonchev–Trinajstić information content (AvgIpc) is 3.61. The normalized spacial score (nSPS) is 25.1. The van der Waals surface area contributed by atoms with Gasteiger partial charge in [-0.25, -0.2) is 24.1 Å². The number of carbonyl (C=O) groups is 1. The number of benzene rings is 2. The van der Waals surface area contributed by atoms with E-state index in [1.54, 1.807) is 30.3 Å². The number of anilines is 1. The Hall–Kier alpha value is -3.89. The summed E-state index contributed by atoms with van der Waals surface area (Å²) in [6.07, 6.45) is -0.541. The first-order valence-electron chi connectivity index (χ1n) is 11.8. The molecule has 0 spiro atoms. The summed E-state index contributed by atoms with van der Waals surface area (Å²) < 4.78 is 28.3. The average molecular weight is 490 g/mol. The number of aliphatic hydroxyl groups excluding tert-OH is 1. The van der Waals surface area contributed by atoms with Gasteiger partial charge in [-0.05, 0) is 36.1 Å². The van der Waals surface area contributed by atoms with Crippen LogP contribution in [-0.4, -0.2) is 55.6 Å². The van der Waals surface area contributed by atoms with E-state index in [9.17, 15) is 9.90 Å². The molecule has 0 radical (unpaired) electrons. The number of halogens is 1. The van der Waals surface area contributed by atoms with E-state index in [0.29, 0.717) is 17.0 Å². The van der Waals surface area contributed by atoms with Crippen molar-refractivity contribution in [3.8, 4) is 0 Å². The maximum absolute atomic E-state index is 15.6. The van der Waals surface area contributed by atoms with Crippen LogP contribution in [0.2, 0.25) is 0 Å². The largest absolute Gasteiger partial charge is 0.453 e. The van der Waals surface area contributed by atoms with Crippen LogP contribution in [0.25, 0.3) is 11.2 Å². The van der Waals surface area contributed by atoms with E-state index in [1.807, 2.05) is 12.1 Å².